The largest absolute Gasteiger partial charge is 0.310 e. The van der Waals surface area contributed by atoms with Gasteiger partial charge in [0.15, 0.2) is 0 Å². The van der Waals surface area contributed by atoms with E-state index in [-0.39, 0.29) is 16.8 Å². The maximum Gasteiger partial charge on any atom is 0.227 e. The van der Waals surface area contributed by atoms with Crippen molar-refractivity contribution in [2.75, 3.05) is 17.3 Å². The van der Waals surface area contributed by atoms with Crippen LogP contribution in [0.25, 0.3) is 0 Å². The fourth-order valence-electron chi connectivity index (χ4n) is 1.89. The summed E-state index contributed by atoms with van der Waals surface area (Å²) in [5.41, 5.74) is 0.519. The molecule has 0 bridgehead atoms. The van der Waals surface area contributed by atoms with Gasteiger partial charge in [0.1, 0.15) is 5.82 Å². The van der Waals surface area contributed by atoms with Gasteiger partial charge in [-0.25, -0.2) is 4.39 Å². The van der Waals surface area contributed by atoms with E-state index in [1.807, 2.05) is 0 Å². The highest BCUT2D eigenvalue weighted by Crippen LogP contribution is 2.38. The first kappa shape index (κ1) is 13.1. The molecule has 92 valence electrons. The van der Waals surface area contributed by atoms with Crippen molar-refractivity contribution in [3.8, 4) is 0 Å². The van der Waals surface area contributed by atoms with Gasteiger partial charge in [0.2, 0.25) is 5.91 Å². The number of hydrogen-bond acceptors (Lipinski definition) is 1. The Morgan fingerprint density at radius 2 is 2.24 bits per heavy atom. The van der Waals surface area contributed by atoms with Crippen molar-refractivity contribution in [3.63, 3.8) is 0 Å². The van der Waals surface area contributed by atoms with Crippen molar-refractivity contribution in [2.24, 2.45) is 5.92 Å². The average Bonchev–Trinajstić information content (AvgIpc) is 2.59. The van der Waals surface area contributed by atoms with Gasteiger partial charge in [-0.3, -0.25) is 4.79 Å². The van der Waals surface area contributed by atoms with Crippen molar-refractivity contribution in [2.45, 2.75) is 6.42 Å². The summed E-state index contributed by atoms with van der Waals surface area (Å²) in [6.07, 6.45) is 0.406. The number of hydrogen-bond donors (Lipinski definition) is 0. The second-order valence-electron chi connectivity index (χ2n) is 3.95. The molecule has 1 amide bonds. The molecule has 1 atom stereocenters. The molecule has 1 saturated heterocycles. The van der Waals surface area contributed by atoms with E-state index in [2.05, 4.69) is 15.9 Å². The van der Waals surface area contributed by atoms with Gasteiger partial charge in [-0.05, 0) is 34.0 Å². The van der Waals surface area contributed by atoms with E-state index in [1.54, 1.807) is 4.90 Å². The molecule has 0 radical (unpaired) electrons. The van der Waals surface area contributed by atoms with Crippen LogP contribution in [0.1, 0.15) is 6.42 Å². The summed E-state index contributed by atoms with van der Waals surface area (Å²) >= 11 is 14.9. The number of nitrogens with zero attached hydrogens (tertiary/aromatic N) is 1. The second kappa shape index (κ2) is 5.12. The zero-order valence-corrected chi connectivity index (χ0v) is 11.8. The molecule has 0 aliphatic carbocycles. The first-order chi connectivity index (χ1) is 8.02. The molecule has 1 fully saturated rings. The standard InChI is InChI=1S/C11H9BrCl2FNO/c12-8-2-7(15)3-9(14)11(8)16-5-6(4-13)1-10(16)17/h2-3,6H,1,4-5H2. The fraction of sp³-hybridized carbons (Fsp3) is 0.364. The zero-order chi connectivity index (χ0) is 12.6. The molecule has 1 unspecified atom stereocenters. The topological polar surface area (TPSA) is 20.3 Å². The predicted octanol–water partition coefficient (Wildman–Crippen LogP) is 3.83. The number of alkyl halides is 1. The molecule has 0 N–H and O–H groups in total. The van der Waals surface area contributed by atoms with Crippen molar-refractivity contribution in [3.05, 3.63) is 27.4 Å². The van der Waals surface area contributed by atoms with Gasteiger partial charge in [0.05, 0.1) is 10.7 Å². The maximum absolute atomic E-state index is 13.1. The Morgan fingerprint density at radius 3 is 2.76 bits per heavy atom. The number of rotatable bonds is 2. The minimum absolute atomic E-state index is 0.0372. The summed E-state index contributed by atoms with van der Waals surface area (Å²) in [6.45, 7) is 0.520. The number of anilines is 1. The summed E-state index contributed by atoms with van der Waals surface area (Å²) < 4.78 is 13.6. The highest BCUT2D eigenvalue weighted by atomic mass is 79.9. The van der Waals surface area contributed by atoms with Gasteiger partial charge in [-0.1, -0.05) is 11.6 Å². The average molecular weight is 341 g/mol. The molecule has 1 aromatic carbocycles. The van der Waals surface area contributed by atoms with Crippen LogP contribution in [-0.2, 0) is 4.79 Å². The molecule has 2 nitrogen and oxygen atoms in total. The molecule has 1 aromatic rings. The van der Waals surface area contributed by atoms with E-state index in [9.17, 15) is 9.18 Å². The molecule has 0 aromatic heterocycles. The summed E-state index contributed by atoms with van der Waals surface area (Å²) in [5, 5.41) is 0.223. The third kappa shape index (κ3) is 2.59. The normalized spacial score (nSPS) is 20.1. The maximum atomic E-state index is 13.1. The number of carbonyl (C=O) groups excluding carboxylic acids is 1. The van der Waals surface area contributed by atoms with E-state index in [0.717, 1.165) is 0 Å². The van der Waals surface area contributed by atoms with Gasteiger partial charge in [0.25, 0.3) is 0 Å². The molecule has 0 saturated carbocycles. The minimum atomic E-state index is -0.439. The zero-order valence-electron chi connectivity index (χ0n) is 8.72. The van der Waals surface area contributed by atoms with Crippen LogP contribution in [0.15, 0.2) is 16.6 Å². The lowest BCUT2D eigenvalue weighted by molar-refractivity contribution is -0.117. The van der Waals surface area contributed by atoms with E-state index >= 15 is 0 Å². The van der Waals surface area contributed by atoms with Crippen molar-refractivity contribution >= 4 is 50.7 Å². The van der Waals surface area contributed by atoms with Gasteiger partial charge >= 0.3 is 0 Å². The summed E-state index contributed by atoms with van der Waals surface area (Å²) in [6, 6.07) is 2.49. The van der Waals surface area contributed by atoms with E-state index in [4.69, 9.17) is 23.2 Å². The highest BCUT2D eigenvalue weighted by molar-refractivity contribution is 9.10. The summed E-state index contributed by atoms with van der Waals surface area (Å²) in [5.74, 6) is 0.0757. The van der Waals surface area contributed by atoms with Gasteiger partial charge < -0.3 is 4.90 Å². The molecular formula is C11H9BrCl2FNO. The van der Waals surface area contributed by atoms with Crippen LogP contribution in [0.4, 0.5) is 10.1 Å². The lowest BCUT2D eigenvalue weighted by atomic mass is 10.1. The van der Waals surface area contributed by atoms with Crippen LogP contribution in [0.3, 0.4) is 0 Å². The molecule has 1 aliphatic rings. The second-order valence-corrected chi connectivity index (χ2v) is 5.52. The molecule has 2 rings (SSSR count). The summed E-state index contributed by atoms with van der Waals surface area (Å²) in [7, 11) is 0. The first-order valence-corrected chi connectivity index (χ1v) is 6.74. The third-order valence-corrected chi connectivity index (χ3v) is 4.00. The van der Waals surface area contributed by atoms with Crippen molar-refractivity contribution in [1.29, 1.82) is 0 Å². The molecule has 17 heavy (non-hydrogen) atoms. The van der Waals surface area contributed by atoms with E-state index in [0.29, 0.717) is 29.0 Å². The molecular weight excluding hydrogens is 332 g/mol. The number of carbonyl (C=O) groups is 1. The molecule has 1 aliphatic heterocycles. The van der Waals surface area contributed by atoms with Crippen molar-refractivity contribution in [1.82, 2.24) is 0 Å². The fourth-order valence-corrected chi connectivity index (χ4v) is 3.17. The highest BCUT2D eigenvalue weighted by Gasteiger charge is 2.32. The van der Waals surface area contributed by atoms with Crippen LogP contribution >= 0.6 is 39.1 Å². The van der Waals surface area contributed by atoms with Gasteiger partial charge in [0, 0.05) is 23.3 Å². The minimum Gasteiger partial charge on any atom is -0.310 e. The first-order valence-electron chi connectivity index (χ1n) is 5.03. The Hall–Kier alpha value is -0.320. The molecule has 1 heterocycles. The van der Waals surface area contributed by atoms with E-state index in [1.165, 1.54) is 12.1 Å². The molecule has 0 spiro atoms. The SMILES string of the molecule is O=C1CC(CCl)CN1c1c(Cl)cc(F)cc1Br. The van der Waals surface area contributed by atoms with Crippen molar-refractivity contribution < 1.29 is 9.18 Å². The Morgan fingerprint density at radius 1 is 1.53 bits per heavy atom. The Balaban J connectivity index is 2.38. The lowest BCUT2D eigenvalue weighted by Gasteiger charge is -2.19. The van der Waals surface area contributed by atoms with E-state index < -0.39 is 5.82 Å². The number of amides is 1. The van der Waals surface area contributed by atoms with Crippen LogP contribution in [0.2, 0.25) is 5.02 Å². The van der Waals surface area contributed by atoms with Gasteiger partial charge in [-0.2, -0.15) is 0 Å². The van der Waals surface area contributed by atoms with Crippen LogP contribution < -0.4 is 4.90 Å². The van der Waals surface area contributed by atoms with Crippen LogP contribution in [0.5, 0.6) is 0 Å². The van der Waals surface area contributed by atoms with Crippen LogP contribution in [0, 0.1) is 11.7 Å². The number of halogens is 4. The van der Waals surface area contributed by atoms with Crippen LogP contribution in [-0.4, -0.2) is 18.3 Å². The third-order valence-electron chi connectivity index (χ3n) is 2.67. The quantitative estimate of drug-likeness (QED) is 0.749. The van der Waals surface area contributed by atoms with Gasteiger partial charge in [-0.15, -0.1) is 11.6 Å². The predicted molar refractivity (Wildman–Crippen MR) is 70.3 cm³/mol. The Bertz CT molecular complexity index is 446. The lowest BCUT2D eigenvalue weighted by Crippen LogP contribution is -2.25. The Kier molecular flexibility index (Phi) is 3.95. The monoisotopic (exact) mass is 339 g/mol. The number of benzene rings is 1. The summed E-state index contributed by atoms with van der Waals surface area (Å²) in [4.78, 5) is 13.4. The Labute approximate surface area is 117 Å². The smallest absolute Gasteiger partial charge is 0.227 e. The molecule has 6 heteroatoms.